The van der Waals surface area contributed by atoms with Gasteiger partial charge in [-0.05, 0) is 86.5 Å². The molecule has 4 saturated carbocycles. The Labute approximate surface area is 407 Å². The molecular formula is C46H70O25. The molecule has 8 aliphatic rings. The molecule has 25 atom stereocenters. The van der Waals surface area contributed by atoms with Gasteiger partial charge in [-0.1, -0.05) is 19.9 Å². The lowest BCUT2D eigenvalue weighted by Crippen LogP contribution is -2.67. The Kier molecular flexibility index (Phi) is 16.0. The maximum atomic E-state index is 14.5. The van der Waals surface area contributed by atoms with Crippen LogP contribution in [0.3, 0.4) is 0 Å². The van der Waals surface area contributed by atoms with Crippen molar-refractivity contribution in [1.29, 1.82) is 0 Å². The van der Waals surface area contributed by atoms with E-state index in [0.29, 0.717) is 56.9 Å². The third-order valence-corrected chi connectivity index (χ3v) is 17.2. The Hall–Kier alpha value is -2.61. The minimum Gasteiger partial charge on any atom is -0.481 e. The number of carboxylic acids is 1. The van der Waals surface area contributed by atoms with Gasteiger partial charge in [-0.2, -0.15) is 0 Å². The summed E-state index contributed by atoms with van der Waals surface area (Å²) < 4.78 is 53.1. The van der Waals surface area contributed by atoms with Crippen LogP contribution in [0.1, 0.15) is 78.1 Å². The summed E-state index contributed by atoms with van der Waals surface area (Å²) in [6, 6.07) is 0. The van der Waals surface area contributed by atoms with E-state index in [9.17, 15) is 75.7 Å². The predicted octanol–water partition coefficient (Wildman–Crippen LogP) is -4.45. The smallest absolute Gasteiger partial charge is 0.317 e. The summed E-state index contributed by atoms with van der Waals surface area (Å²) in [5, 5.41) is 137. The first-order valence-electron chi connectivity index (χ1n) is 24.3. The number of carboxylic acid groups (broad SMARTS) is 1. The summed E-state index contributed by atoms with van der Waals surface area (Å²) in [5.74, 6) is -3.57. The number of aliphatic hydroxyl groups excluding tert-OH is 12. The van der Waals surface area contributed by atoms with Crippen LogP contribution in [0.15, 0.2) is 12.2 Å². The molecule has 8 rings (SSSR count). The monoisotopic (exact) mass is 1020 g/mol. The van der Waals surface area contributed by atoms with Crippen molar-refractivity contribution in [2.24, 2.45) is 28.1 Å². The van der Waals surface area contributed by atoms with E-state index in [0.717, 1.165) is 6.42 Å². The molecule has 404 valence electrons. The molecular weight excluding hydrogens is 952 g/mol. The number of carbonyl (C=O) groups excluding carboxylic acids is 2. The van der Waals surface area contributed by atoms with E-state index in [1.165, 1.54) is 0 Å². The molecule has 25 nitrogen and oxygen atoms in total. The molecule has 1 spiro atoms. The molecule has 0 aromatic carbocycles. The zero-order chi connectivity index (χ0) is 51.7. The number of aliphatic carboxylic acids is 1. The first-order valence-corrected chi connectivity index (χ1v) is 24.3. The molecule has 13 N–H and O–H groups in total. The highest BCUT2D eigenvalue weighted by molar-refractivity contribution is 5.90. The average molecular weight is 1020 g/mol. The molecule has 4 aliphatic carbocycles. The summed E-state index contributed by atoms with van der Waals surface area (Å²) in [7, 11) is 0. The van der Waals surface area contributed by atoms with Crippen LogP contribution >= 0.6 is 0 Å². The highest BCUT2D eigenvalue weighted by Crippen LogP contribution is 2.74. The Balaban J connectivity index is 1.02. The second-order valence-electron chi connectivity index (χ2n) is 21.4. The van der Waals surface area contributed by atoms with Gasteiger partial charge in [0.05, 0.1) is 30.8 Å². The van der Waals surface area contributed by atoms with Crippen molar-refractivity contribution in [3.8, 4) is 0 Å². The molecule has 4 aliphatic heterocycles. The quantitative estimate of drug-likeness (QED) is 0.0338. The Morgan fingerprint density at radius 1 is 0.662 bits per heavy atom. The minimum atomic E-state index is -1.94. The lowest BCUT2D eigenvalue weighted by Gasteiger charge is -2.64. The second kappa shape index (κ2) is 20.8. The van der Waals surface area contributed by atoms with Crippen molar-refractivity contribution in [3.05, 3.63) is 12.2 Å². The van der Waals surface area contributed by atoms with Crippen molar-refractivity contribution in [2.75, 3.05) is 26.4 Å². The average Bonchev–Trinajstić information content (AvgIpc) is 3.52. The lowest BCUT2D eigenvalue weighted by atomic mass is 9.41. The molecule has 0 amide bonds. The standard InChI is InChI=1S/C46H70O25/c1-18-12-45-9-5-23-43(2,7-4-8-44(23,3)42(62)70-40-35(61)32(58)29(55)22(67-40)16-63-26(52)11-25(50)51)24(45)6-10-46(18,17-45)71-41-37(69-38-33(59)27(53)19(49)15-64-38)36(30(56)21(14-48)66-41)68-39-34(60)31(57)28(54)20(13-47)65-39/h19-24,27-41,47-49,53-61H,1,4-17H2,2-3H3,(H,50,51)/t19-,20?,21?,22?,23+,24+,27?,28-,29-,30-,31?,32?,33?,34?,35+,36?,37?,38+,39+,40+,41+,43-,44-,45-,46+/m1/s1. The van der Waals surface area contributed by atoms with Gasteiger partial charge in [-0.15, -0.1) is 0 Å². The van der Waals surface area contributed by atoms with Crippen LogP contribution in [0.25, 0.3) is 0 Å². The van der Waals surface area contributed by atoms with Crippen molar-refractivity contribution >= 4 is 17.9 Å². The van der Waals surface area contributed by atoms with Gasteiger partial charge in [0.2, 0.25) is 6.29 Å². The maximum absolute atomic E-state index is 14.5. The zero-order valence-corrected chi connectivity index (χ0v) is 39.4. The van der Waals surface area contributed by atoms with Crippen molar-refractivity contribution < 1.29 is 123 Å². The van der Waals surface area contributed by atoms with E-state index >= 15 is 0 Å². The maximum Gasteiger partial charge on any atom is 0.317 e. The number of hydrogen-bond donors (Lipinski definition) is 13. The fourth-order valence-electron chi connectivity index (χ4n) is 13.5. The SMILES string of the molecule is C=C1C[C@@]23CC[C@H]4[C@@](C)(CCC[C@@]4(C)C(=O)O[C@@H]4OC(COC(=O)CC(=O)O)[C@@H](O)C(O)[C@@H]4O)[C@@H]2CC[C@]1(O[C@@H]1OC(CO)[C@@H](O)C(O[C@@H]2OC(CO)[C@@H](O)C(O)C2O)C1O[C@@H]1OC[C@@H](O)C(O)C1O)C3. The first kappa shape index (κ1) is 54.6. The molecule has 0 aromatic heterocycles. The fourth-order valence-corrected chi connectivity index (χ4v) is 13.5. The number of rotatable bonds is 14. The fraction of sp³-hybridized carbons (Fsp3) is 0.891. The van der Waals surface area contributed by atoms with Crippen molar-refractivity contribution in [1.82, 2.24) is 0 Å². The van der Waals surface area contributed by atoms with Gasteiger partial charge in [0, 0.05) is 0 Å². The topological polar surface area (TPSA) is 397 Å². The molecule has 71 heavy (non-hydrogen) atoms. The summed E-state index contributed by atoms with van der Waals surface area (Å²) >= 11 is 0. The Bertz CT molecular complexity index is 1940. The molecule has 25 heteroatoms. The van der Waals surface area contributed by atoms with Crippen LogP contribution in [0.5, 0.6) is 0 Å². The highest BCUT2D eigenvalue weighted by atomic mass is 16.8. The third kappa shape index (κ3) is 9.81. The van der Waals surface area contributed by atoms with Crippen molar-refractivity contribution in [3.63, 3.8) is 0 Å². The Morgan fingerprint density at radius 2 is 1.25 bits per heavy atom. The molecule has 4 heterocycles. The number of fused-ring (bicyclic) bond motifs is 3. The van der Waals surface area contributed by atoms with Crippen LogP contribution in [0, 0.1) is 28.1 Å². The number of aliphatic hydroxyl groups is 12. The van der Waals surface area contributed by atoms with Crippen LogP contribution in [0.2, 0.25) is 0 Å². The van der Waals surface area contributed by atoms with E-state index in [2.05, 4.69) is 13.5 Å². The number of carbonyl (C=O) groups is 3. The van der Waals surface area contributed by atoms with E-state index in [4.69, 9.17) is 47.7 Å². The van der Waals surface area contributed by atoms with Gasteiger partial charge in [-0.3, -0.25) is 14.4 Å². The van der Waals surface area contributed by atoms with Crippen LogP contribution < -0.4 is 0 Å². The van der Waals surface area contributed by atoms with Gasteiger partial charge in [0.1, 0.15) is 105 Å². The van der Waals surface area contributed by atoms with Gasteiger partial charge in [0.25, 0.3) is 0 Å². The summed E-state index contributed by atoms with van der Waals surface area (Å²) in [5.41, 5.74) is -2.49. The van der Waals surface area contributed by atoms with E-state index in [-0.39, 0.29) is 11.8 Å². The first-order chi connectivity index (χ1) is 33.4. The molecule has 2 bridgehead atoms. The normalized spacial score (nSPS) is 50.9. The van der Waals surface area contributed by atoms with Crippen LogP contribution in [0.4, 0.5) is 0 Å². The highest BCUT2D eigenvalue weighted by Gasteiger charge is 2.70. The van der Waals surface area contributed by atoms with Gasteiger partial charge in [-0.25, -0.2) is 0 Å². The minimum absolute atomic E-state index is 0.0113. The lowest BCUT2D eigenvalue weighted by molar-refractivity contribution is -0.395. The van der Waals surface area contributed by atoms with Gasteiger partial charge in [0.15, 0.2) is 18.9 Å². The van der Waals surface area contributed by atoms with Gasteiger partial charge >= 0.3 is 17.9 Å². The van der Waals surface area contributed by atoms with Crippen molar-refractivity contribution in [2.45, 2.75) is 200 Å². The summed E-state index contributed by atoms with van der Waals surface area (Å²) in [6.07, 6.45) is -28.8. The largest absolute Gasteiger partial charge is 0.481 e. The van der Waals surface area contributed by atoms with E-state index < -0.39 is 189 Å². The third-order valence-electron chi connectivity index (χ3n) is 17.2. The second-order valence-corrected chi connectivity index (χ2v) is 21.4. The van der Waals surface area contributed by atoms with Crippen LogP contribution in [-0.4, -0.2) is 233 Å². The predicted molar refractivity (Wildman–Crippen MR) is 229 cm³/mol. The van der Waals surface area contributed by atoms with Gasteiger partial charge < -0.3 is 109 Å². The summed E-state index contributed by atoms with van der Waals surface area (Å²) in [4.78, 5) is 37.3. The molecule has 10 unspecified atom stereocenters. The molecule has 0 radical (unpaired) electrons. The summed E-state index contributed by atoms with van der Waals surface area (Å²) in [6.45, 7) is 5.67. The van der Waals surface area contributed by atoms with Crippen LogP contribution in [-0.2, 0) is 57.0 Å². The number of esters is 2. The Morgan fingerprint density at radius 3 is 1.93 bits per heavy atom. The zero-order valence-electron chi connectivity index (χ0n) is 39.4. The van der Waals surface area contributed by atoms with E-state index in [1.807, 2.05) is 0 Å². The van der Waals surface area contributed by atoms with E-state index in [1.54, 1.807) is 6.92 Å². The number of hydrogen-bond acceptors (Lipinski definition) is 24. The number of ether oxygens (including phenoxy) is 9. The molecule has 0 aromatic rings. The molecule has 4 saturated heterocycles. The molecule has 8 fully saturated rings.